The molecule has 1 aromatic rings. The molecule has 0 radical (unpaired) electrons. The van der Waals surface area contributed by atoms with Crippen molar-refractivity contribution in [2.24, 2.45) is 22.1 Å². The van der Waals surface area contributed by atoms with Crippen molar-refractivity contribution < 1.29 is 9.53 Å². The average Bonchev–Trinajstić information content (AvgIpc) is 2.60. The number of aliphatic imine (C=N–C) groups is 1. The van der Waals surface area contributed by atoms with Crippen LogP contribution in [0, 0.1) is 22.7 Å². The van der Waals surface area contributed by atoms with E-state index in [9.17, 15) is 10.1 Å². The van der Waals surface area contributed by atoms with Crippen LogP contribution in [0.15, 0.2) is 40.5 Å². The quantitative estimate of drug-likeness (QED) is 0.783. The molecule has 5 nitrogen and oxygen atoms in total. The Morgan fingerprint density at radius 2 is 2.07 bits per heavy atom. The van der Waals surface area contributed by atoms with Gasteiger partial charge in [-0.25, -0.2) is 0 Å². The van der Waals surface area contributed by atoms with Gasteiger partial charge in [-0.15, -0.1) is 0 Å². The Bertz CT molecular complexity index is 851. The summed E-state index contributed by atoms with van der Waals surface area (Å²) in [6.45, 7) is 5.13. The fourth-order valence-corrected chi connectivity index (χ4v) is 4.31. The molecule has 27 heavy (non-hydrogen) atoms. The van der Waals surface area contributed by atoms with Gasteiger partial charge in [-0.1, -0.05) is 43.6 Å². The number of ketones is 1. The van der Waals surface area contributed by atoms with Crippen molar-refractivity contribution in [2.75, 3.05) is 19.8 Å². The van der Waals surface area contributed by atoms with E-state index in [0.29, 0.717) is 42.3 Å². The number of nitriles is 1. The van der Waals surface area contributed by atoms with Gasteiger partial charge < -0.3 is 10.5 Å². The van der Waals surface area contributed by atoms with E-state index in [1.807, 2.05) is 18.2 Å². The van der Waals surface area contributed by atoms with E-state index < -0.39 is 11.8 Å². The highest BCUT2D eigenvalue weighted by Gasteiger charge is 2.46. The zero-order valence-corrected chi connectivity index (χ0v) is 16.4. The molecule has 1 saturated carbocycles. The van der Waals surface area contributed by atoms with Crippen LogP contribution < -0.4 is 5.73 Å². The van der Waals surface area contributed by atoms with Gasteiger partial charge in [-0.3, -0.25) is 9.79 Å². The molecule has 1 heterocycles. The first-order chi connectivity index (χ1) is 12.9. The number of ether oxygens (including phenoxy) is 1. The van der Waals surface area contributed by atoms with E-state index in [4.69, 9.17) is 27.1 Å². The number of hydrogen-bond acceptors (Lipinski definition) is 5. The van der Waals surface area contributed by atoms with Crippen molar-refractivity contribution in [1.82, 2.24) is 0 Å². The van der Waals surface area contributed by atoms with E-state index in [0.717, 1.165) is 11.3 Å². The predicted octanol–water partition coefficient (Wildman–Crippen LogP) is 3.64. The van der Waals surface area contributed by atoms with Crippen molar-refractivity contribution in [3.05, 3.63) is 46.1 Å². The fraction of sp³-hybridized carbons (Fsp3) is 0.476. The smallest absolute Gasteiger partial charge is 0.143 e. The Morgan fingerprint density at radius 1 is 1.33 bits per heavy atom. The van der Waals surface area contributed by atoms with E-state index in [1.165, 1.54) is 0 Å². The molecule has 0 amide bonds. The maximum absolute atomic E-state index is 13.1. The van der Waals surface area contributed by atoms with Crippen LogP contribution in [0.3, 0.4) is 0 Å². The molecular formula is C21H24ClN3O2. The van der Waals surface area contributed by atoms with Crippen LogP contribution >= 0.6 is 11.6 Å². The maximum atomic E-state index is 13.1. The van der Waals surface area contributed by atoms with Gasteiger partial charge in [0.1, 0.15) is 5.78 Å². The predicted molar refractivity (Wildman–Crippen MR) is 106 cm³/mol. The van der Waals surface area contributed by atoms with Gasteiger partial charge in [0.2, 0.25) is 0 Å². The van der Waals surface area contributed by atoms with Crippen molar-refractivity contribution in [2.45, 2.75) is 32.6 Å². The van der Waals surface area contributed by atoms with Crippen molar-refractivity contribution in [3.8, 4) is 6.07 Å². The normalized spacial score (nSPS) is 24.3. The number of benzene rings is 1. The molecule has 1 fully saturated rings. The van der Waals surface area contributed by atoms with Crippen LogP contribution in [0.4, 0.5) is 0 Å². The third-order valence-corrected chi connectivity index (χ3v) is 5.46. The molecule has 0 bridgehead atoms. The number of Topliss-reactive ketones (excluding diaryl/α,β-unsaturated/α-hetero) is 1. The third kappa shape index (κ3) is 3.98. The first kappa shape index (κ1) is 19.8. The van der Waals surface area contributed by atoms with Gasteiger partial charge in [-0.2, -0.15) is 5.26 Å². The summed E-state index contributed by atoms with van der Waals surface area (Å²) in [4.78, 5) is 17.8. The Labute approximate surface area is 164 Å². The van der Waals surface area contributed by atoms with Gasteiger partial charge in [0.05, 0.1) is 36.5 Å². The summed E-state index contributed by atoms with van der Waals surface area (Å²) in [6, 6.07) is 9.68. The molecular weight excluding hydrogens is 362 g/mol. The Morgan fingerprint density at radius 3 is 2.74 bits per heavy atom. The molecule has 1 aliphatic carbocycles. The van der Waals surface area contributed by atoms with Gasteiger partial charge >= 0.3 is 0 Å². The minimum absolute atomic E-state index is 0.115. The standard InChI is InChI=1S/C21H24ClN3O2/c1-21(2)9-16-20(18(26)10-21)19(13-5-3-4-6-15(13)22)14(11-24)17(25-16)12-27-8-7-23/h3-6,19-20H,7-10,12,23H2,1-2H3. The van der Waals surface area contributed by atoms with E-state index >= 15 is 0 Å². The third-order valence-electron chi connectivity index (χ3n) is 5.11. The van der Waals surface area contributed by atoms with Crippen molar-refractivity contribution >= 4 is 23.1 Å². The molecule has 2 N–H and O–H groups in total. The number of hydrogen-bond donors (Lipinski definition) is 1. The molecule has 2 aliphatic rings. The zero-order chi connectivity index (χ0) is 19.6. The van der Waals surface area contributed by atoms with Gasteiger partial charge in [-0.05, 0) is 23.5 Å². The van der Waals surface area contributed by atoms with Crippen LogP contribution in [0.25, 0.3) is 0 Å². The maximum Gasteiger partial charge on any atom is 0.143 e. The molecule has 6 heteroatoms. The summed E-state index contributed by atoms with van der Waals surface area (Å²) < 4.78 is 5.57. The summed E-state index contributed by atoms with van der Waals surface area (Å²) in [5, 5.41) is 10.5. The minimum Gasteiger partial charge on any atom is -0.374 e. The van der Waals surface area contributed by atoms with Crippen molar-refractivity contribution in [3.63, 3.8) is 0 Å². The zero-order valence-electron chi connectivity index (χ0n) is 15.7. The highest BCUT2D eigenvalue weighted by Crippen LogP contribution is 2.47. The summed E-state index contributed by atoms with van der Waals surface area (Å²) >= 11 is 6.46. The second-order valence-electron chi connectivity index (χ2n) is 7.88. The van der Waals surface area contributed by atoms with Gasteiger partial charge in [0.25, 0.3) is 0 Å². The number of halogens is 1. The average molecular weight is 386 g/mol. The molecule has 0 aromatic heterocycles. The molecule has 0 spiro atoms. The summed E-state index contributed by atoms with van der Waals surface area (Å²) in [6.07, 6.45) is 1.18. The first-order valence-electron chi connectivity index (χ1n) is 9.13. The Hall–Kier alpha value is -2.00. The van der Waals surface area contributed by atoms with E-state index in [-0.39, 0.29) is 17.8 Å². The number of carbonyl (C=O) groups excluding carboxylic acids is 1. The second-order valence-corrected chi connectivity index (χ2v) is 8.28. The lowest BCUT2D eigenvalue weighted by Gasteiger charge is -2.40. The molecule has 3 rings (SSSR count). The van der Waals surface area contributed by atoms with Crippen LogP contribution in [0.2, 0.25) is 5.02 Å². The molecule has 142 valence electrons. The Balaban J connectivity index is 2.13. The topological polar surface area (TPSA) is 88.5 Å². The van der Waals surface area contributed by atoms with Gasteiger partial charge in [0, 0.05) is 29.6 Å². The number of carbonyl (C=O) groups is 1. The van der Waals surface area contributed by atoms with Crippen LogP contribution in [-0.4, -0.2) is 31.3 Å². The van der Waals surface area contributed by atoms with Crippen LogP contribution in [0.5, 0.6) is 0 Å². The van der Waals surface area contributed by atoms with Crippen LogP contribution in [0.1, 0.15) is 38.2 Å². The van der Waals surface area contributed by atoms with E-state index in [1.54, 1.807) is 6.07 Å². The summed E-state index contributed by atoms with van der Waals surface area (Å²) in [5.41, 5.74) is 8.01. The molecule has 1 aliphatic heterocycles. The lowest BCUT2D eigenvalue weighted by molar-refractivity contribution is -0.124. The van der Waals surface area contributed by atoms with E-state index in [2.05, 4.69) is 19.9 Å². The molecule has 1 aromatic carbocycles. The molecule has 2 atom stereocenters. The molecule has 0 saturated heterocycles. The fourth-order valence-electron chi connectivity index (χ4n) is 4.06. The first-order valence-corrected chi connectivity index (χ1v) is 9.51. The van der Waals surface area contributed by atoms with Crippen molar-refractivity contribution in [1.29, 1.82) is 5.26 Å². The number of nitrogens with two attached hydrogens (primary N) is 1. The number of rotatable bonds is 5. The van der Waals surface area contributed by atoms with Crippen LogP contribution in [-0.2, 0) is 9.53 Å². The second kappa shape index (κ2) is 7.93. The lowest BCUT2D eigenvalue weighted by Crippen LogP contribution is -2.43. The monoisotopic (exact) mass is 385 g/mol. The highest BCUT2D eigenvalue weighted by molar-refractivity contribution is 6.31. The molecule has 2 unspecified atom stereocenters. The Kier molecular flexibility index (Phi) is 5.81. The number of nitrogens with zero attached hydrogens (tertiary/aromatic N) is 2. The highest BCUT2D eigenvalue weighted by atomic mass is 35.5. The lowest BCUT2D eigenvalue weighted by atomic mass is 9.63. The SMILES string of the molecule is CC1(C)CC(=O)C2C(=NC(COCCN)=C(C#N)C2c2ccccc2Cl)C1. The summed E-state index contributed by atoms with van der Waals surface area (Å²) in [5.74, 6) is -0.744. The summed E-state index contributed by atoms with van der Waals surface area (Å²) in [7, 11) is 0. The number of fused-ring (bicyclic) bond motifs is 1. The minimum atomic E-state index is -0.439. The van der Waals surface area contributed by atoms with Gasteiger partial charge in [0.15, 0.2) is 0 Å². The number of allylic oxidation sites excluding steroid dienone is 1. The largest absolute Gasteiger partial charge is 0.374 e.